The van der Waals surface area contributed by atoms with Crippen LogP contribution in [0, 0.1) is 5.92 Å². The van der Waals surface area contributed by atoms with Gasteiger partial charge in [-0.3, -0.25) is 0 Å². The summed E-state index contributed by atoms with van der Waals surface area (Å²) in [7, 11) is 0. The molecule has 2 atom stereocenters. The summed E-state index contributed by atoms with van der Waals surface area (Å²) in [6, 6.07) is 0.401. The third kappa shape index (κ3) is 3.91. The third-order valence-electron chi connectivity index (χ3n) is 4.28. The lowest BCUT2D eigenvalue weighted by Gasteiger charge is -2.34. The Bertz CT molecular complexity index is 289. The van der Waals surface area contributed by atoms with E-state index in [1.54, 1.807) is 0 Å². The summed E-state index contributed by atoms with van der Waals surface area (Å²) in [5.41, 5.74) is -0.816. The van der Waals surface area contributed by atoms with Crippen molar-refractivity contribution in [3.8, 4) is 0 Å². The van der Waals surface area contributed by atoms with E-state index in [-0.39, 0.29) is 18.1 Å². The van der Waals surface area contributed by atoms with Gasteiger partial charge >= 0.3 is 0 Å². The molecule has 0 radical (unpaired) electrons. The zero-order chi connectivity index (χ0) is 14.8. The molecule has 19 heavy (non-hydrogen) atoms. The highest BCUT2D eigenvalue weighted by Gasteiger charge is 2.53. The Kier molecular flexibility index (Phi) is 5.41. The molecular formula is C15H31NO3. The van der Waals surface area contributed by atoms with Crippen molar-refractivity contribution in [1.29, 1.82) is 0 Å². The fourth-order valence-corrected chi connectivity index (χ4v) is 3.09. The van der Waals surface area contributed by atoms with Crippen molar-refractivity contribution in [3.05, 3.63) is 0 Å². The highest BCUT2D eigenvalue weighted by Crippen LogP contribution is 2.42. The molecule has 1 saturated heterocycles. The van der Waals surface area contributed by atoms with E-state index in [4.69, 9.17) is 9.84 Å². The monoisotopic (exact) mass is 273 g/mol. The molecule has 0 aliphatic carbocycles. The lowest BCUT2D eigenvalue weighted by molar-refractivity contribution is -0.0915. The van der Waals surface area contributed by atoms with Crippen molar-refractivity contribution in [2.24, 2.45) is 5.92 Å². The average molecular weight is 273 g/mol. The first-order chi connectivity index (χ1) is 8.62. The van der Waals surface area contributed by atoms with Gasteiger partial charge in [-0.25, -0.2) is 0 Å². The van der Waals surface area contributed by atoms with E-state index in [1.165, 1.54) is 0 Å². The second-order valence-corrected chi connectivity index (χ2v) is 7.03. The molecule has 1 aliphatic heterocycles. The van der Waals surface area contributed by atoms with Crippen LogP contribution in [0.3, 0.4) is 0 Å². The molecule has 4 heteroatoms. The first-order valence-electron chi connectivity index (χ1n) is 7.35. The van der Waals surface area contributed by atoms with E-state index in [0.717, 1.165) is 19.5 Å². The number of ether oxygens (including phenoxy) is 1. The van der Waals surface area contributed by atoms with Crippen molar-refractivity contribution in [3.63, 3.8) is 0 Å². The molecule has 4 nitrogen and oxygen atoms in total. The van der Waals surface area contributed by atoms with Gasteiger partial charge in [-0.2, -0.15) is 0 Å². The summed E-state index contributed by atoms with van der Waals surface area (Å²) in [5, 5.41) is 19.5. The number of aliphatic hydroxyl groups excluding tert-OH is 2. The summed E-state index contributed by atoms with van der Waals surface area (Å²) in [5.74, 6) is 0.0867. The third-order valence-corrected chi connectivity index (χ3v) is 4.28. The summed E-state index contributed by atoms with van der Waals surface area (Å²) in [6.07, 6.45) is 0.309. The maximum Gasteiger partial charge on any atom is 0.0896 e. The molecule has 2 N–H and O–H groups in total. The minimum absolute atomic E-state index is 0.0867. The zero-order valence-electron chi connectivity index (χ0n) is 13.3. The molecule has 114 valence electrons. The molecule has 2 unspecified atom stereocenters. The van der Waals surface area contributed by atoms with Crippen LogP contribution in [0.5, 0.6) is 0 Å². The summed E-state index contributed by atoms with van der Waals surface area (Å²) in [6.45, 7) is 14.2. The second kappa shape index (κ2) is 6.08. The SMILES string of the molecule is CC(C)N(CCCO)CC1C(O)C(C)(C)OC1(C)C. The topological polar surface area (TPSA) is 52.9 Å². The van der Waals surface area contributed by atoms with Crippen LogP contribution >= 0.6 is 0 Å². The fourth-order valence-electron chi connectivity index (χ4n) is 3.09. The van der Waals surface area contributed by atoms with Gasteiger partial charge in [0.05, 0.1) is 17.3 Å². The van der Waals surface area contributed by atoms with Crippen molar-refractivity contribution < 1.29 is 14.9 Å². The predicted octanol–water partition coefficient (Wildman–Crippen LogP) is 1.64. The first kappa shape index (κ1) is 16.9. The molecule has 1 fully saturated rings. The largest absolute Gasteiger partial charge is 0.396 e. The van der Waals surface area contributed by atoms with Gasteiger partial charge in [-0.15, -0.1) is 0 Å². The van der Waals surface area contributed by atoms with Gasteiger partial charge in [0.1, 0.15) is 0 Å². The molecule has 1 aliphatic rings. The highest BCUT2D eigenvalue weighted by molar-refractivity contribution is 5.02. The van der Waals surface area contributed by atoms with Gasteiger partial charge in [0.25, 0.3) is 0 Å². The molecule has 1 heterocycles. The molecule has 0 saturated carbocycles. The normalized spacial score (nSPS) is 29.4. The van der Waals surface area contributed by atoms with Crippen LogP contribution in [0.2, 0.25) is 0 Å². The molecule has 1 rings (SSSR count). The minimum Gasteiger partial charge on any atom is -0.396 e. The Hall–Kier alpha value is -0.160. The summed E-state index contributed by atoms with van der Waals surface area (Å²) < 4.78 is 6.02. The number of hydrogen-bond donors (Lipinski definition) is 2. The smallest absolute Gasteiger partial charge is 0.0896 e. The lowest BCUT2D eigenvalue weighted by Crippen LogP contribution is -2.46. The summed E-state index contributed by atoms with van der Waals surface area (Å²) >= 11 is 0. The zero-order valence-corrected chi connectivity index (χ0v) is 13.3. The van der Waals surface area contributed by atoms with Crippen molar-refractivity contribution in [2.45, 2.75) is 71.3 Å². The number of nitrogens with zero attached hydrogens (tertiary/aromatic N) is 1. The van der Waals surface area contributed by atoms with E-state index in [1.807, 2.05) is 13.8 Å². The minimum atomic E-state index is -0.492. The second-order valence-electron chi connectivity index (χ2n) is 7.03. The van der Waals surface area contributed by atoms with Gasteiger partial charge in [-0.1, -0.05) is 0 Å². The van der Waals surface area contributed by atoms with E-state index >= 15 is 0 Å². The number of aliphatic hydroxyl groups is 2. The van der Waals surface area contributed by atoms with Crippen LogP contribution in [-0.2, 0) is 4.74 Å². The Balaban J connectivity index is 2.77. The van der Waals surface area contributed by atoms with E-state index in [9.17, 15) is 5.11 Å². The molecule has 0 bridgehead atoms. The highest BCUT2D eigenvalue weighted by atomic mass is 16.5. The Labute approximate surface area is 117 Å². The van der Waals surface area contributed by atoms with Crippen LogP contribution in [0.15, 0.2) is 0 Å². The molecule has 0 aromatic rings. The van der Waals surface area contributed by atoms with E-state index in [0.29, 0.717) is 6.04 Å². The lowest BCUT2D eigenvalue weighted by atomic mass is 9.84. The van der Waals surface area contributed by atoms with Crippen molar-refractivity contribution >= 4 is 0 Å². The van der Waals surface area contributed by atoms with Crippen molar-refractivity contribution in [2.75, 3.05) is 19.7 Å². The maximum absolute atomic E-state index is 10.5. The molecule has 0 aromatic heterocycles. The van der Waals surface area contributed by atoms with Gasteiger partial charge in [-0.05, 0) is 48.0 Å². The van der Waals surface area contributed by atoms with Crippen LogP contribution in [-0.4, -0.2) is 58.2 Å². The fraction of sp³-hybridized carbons (Fsp3) is 1.00. The van der Waals surface area contributed by atoms with E-state index in [2.05, 4.69) is 32.6 Å². The first-order valence-corrected chi connectivity index (χ1v) is 7.35. The molecule has 0 amide bonds. The van der Waals surface area contributed by atoms with Crippen LogP contribution in [0.1, 0.15) is 48.0 Å². The van der Waals surface area contributed by atoms with Gasteiger partial charge in [0.15, 0.2) is 0 Å². The average Bonchev–Trinajstić information content (AvgIpc) is 2.40. The van der Waals surface area contributed by atoms with Gasteiger partial charge in [0, 0.05) is 31.7 Å². The maximum atomic E-state index is 10.5. The molecule has 0 spiro atoms. The number of hydrogen-bond acceptors (Lipinski definition) is 4. The quantitative estimate of drug-likeness (QED) is 0.772. The number of rotatable bonds is 6. The molecule has 0 aromatic carbocycles. The van der Waals surface area contributed by atoms with Gasteiger partial charge < -0.3 is 19.8 Å². The Morgan fingerprint density at radius 2 is 1.74 bits per heavy atom. The van der Waals surface area contributed by atoms with Crippen LogP contribution in [0.4, 0.5) is 0 Å². The molecular weight excluding hydrogens is 242 g/mol. The van der Waals surface area contributed by atoms with Crippen LogP contribution < -0.4 is 0 Å². The predicted molar refractivity (Wildman–Crippen MR) is 77.2 cm³/mol. The summed E-state index contributed by atoms with van der Waals surface area (Å²) in [4.78, 5) is 2.32. The standard InChI is InChI=1S/C15H31NO3/c1-11(2)16(8-7-9-17)10-12-13(18)15(5,6)19-14(12,3)4/h11-13,17-18H,7-10H2,1-6H3. The Morgan fingerprint density at radius 3 is 2.11 bits per heavy atom. The van der Waals surface area contributed by atoms with Crippen molar-refractivity contribution in [1.82, 2.24) is 4.90 Å². The van der Waals surface area contributed by atoms with E-state index < -0.39 is 11.7 Å². The Morgan fingerprint density at radius 1 is 1.16 bits per heavy atom. The van der Waals surface area contributed by atoms with Crippen LogP contribution in [0.25, 0.3) is 0 Å². The van der Waals surface area contributed by atoms with Gasteiger partial charge in [0.2, 0.25) is 0 Å².